The summed E-state index contributed by atoms with van der Waals surface area (Å²) in [6, 6.07) is 0.821. The van der Waals surface area contributed by atoms with Gasteiger partial charge in [-0.2, -0.15) is 0 Å². The van der Waals surface area contributed by atoms with E-state index >= 15 is 0 Å². The number of amides is 2. The van der Waals surface area contributed by atoms with Crippen molar-refractivity contribution in [2.75, 3.05) is 11.9 Å². The number of hydrogen-bond acceptors (Lipinski definition) is 6. The zero-order chi connectivity index (χ0) is 18.5. The third-order valence-corrected chi connectivity index (χ3v) is 3.17. The van der Waals surface area contributed by atoms with Crippen LogP contribution in [0.25, 0.3) is 0 Å². The fraction of sp³-hybridized carbons (Fsp3) is 0.625. The second-order valence-corrected chi connectivity index (χ2v) is 6.90. The van der Waals surface area contributed by atoms with Crippen LogP contribution in [0.1, 0.15) is 47.2 Å². The molecule has 1 rings (SSSR count). The molecule has 1 atom stereocenters. The summed E-state index contributed by atoms with van der Waals surface area (Å²) in [6.07, 6.45) is 0. The maximum atomic E-state index is 12.0. The van der Waals surface area contributed by atoms with Gasteiger partial charge in [-0.1, -0.05) is 39.8 Å². The number of aromatic nitrogens is 1. The summed E-state index contributed by atoms with van der Waals surface area (Å²) in [5.74, 6) is -1.53. The van der Waals surface area contributed by atoms with Gasteiger partial charge in [0.1, 0.15) is 6.04 Å². The first-order valence-corrected chi connectivity index (χ1v) is 7.71. The number of hydrogen-bond donors (Lipinski definition) is 2. The van der Waals surface area contributed by atoms with Gasteiger partial charge in [0.05, 0.1) is 5.69 Å². The first kappa shape index (κ1) is 19.7. The number of carbonyl (C=O) groups excluding carboxylic acids is 3. The Morgan fingerprint density at radius 2 is 1.92 bits per heavy atom. The molecule has 0 saturated carbocycles. The Morgan fingerprint density at radius 3 is 2.38 bits per heavy atom. The number of carbonyl (C=O) groups is 3. The average molecular weight is 339 g/mol. The Labute approximate surface area is 141 Å². The van der Waals surface area contributed by atoms with Crippen molar-refractivity contribution in [1.82, 2.24) is 10.5 Å². The first-order valence-electron chi connectivity index (χ1n) is 7.71. The third kappa shape index (κ3) is 6.02. The molecule has 0 radical (unpaired) electrons. The smallest absolute Gasteiger partial charge is 0.329 e. The monoisotopic (exact) mass is 339 g/mol. The quantitative estimate of drug-likeness (QED) is 0.762. The molecule has 0 aliphatic rings. The number of anilines is 1. The maximum absolute atomic E-state index is 12.0. The minimum atomic E-state index is -0.798. The molecule has 0 bridgehead atoms. The number of nitrogens with one attached hydrogen (secondary N) is 2. The van der Waals surface area contributed by atoms with E-state index in [-0.39, 0.29) is 23.1 Å². The Morgan fingerprint density at radius 1 is 1.29 bits per heavy atom. The van der Waals surface area contributed by atoms with Crippen LogP contribution >= 0.6 is 0 Å². The number of rotatable bonds is 6. The molecule has 24 heavy (non-hydrogen) atoms. The van der Waals surface area contributed by atoms with Crippen LogP contribution in [0.4, 0.5) is 5.88 Å². The highest BCUT2D eigenvalue weighted by molar-refractivity contribution is 5.92. The fourth-order valence-corrected chi connectivity index (χ4v) is 1.80. The van der Waals surface area contributed by atoms with Crippen LogP contribution in [0, 0.1) is 5.92 Å². The predicted molar refractivity (Wildman–Crippen MR) is 87.2 cm³/mol. The minimum Gasteiger partial charge on any atom is -0.454 e. The third-order valence-electron chi connectivity index (χ3n) is 3.17. The molecule has 8 nitrogen and oxygen atoms in total. The van der Waals surface area contributed by atoms with Crippen molar-refractivity contribution in [3.8, 4) is 0 Å². The molecular formula is C16H25N3O5. The molecule has 1 aromatic heterocycles. The molecule has 1 heterocycles. The van der Waals surface area contributed by atoms with E-state index in [1.54, 1.807) is 19.9 Å². The molecule has 8 heteroatoms. The van der Waals surface area contributed by atoms with Gasteiger partial charge in [0.15, 0.2) is 6.61 Å². The van der Waals surface area contributed by atoms with Crippen LogP contribution in [0.5, 0.6) is 0 Å². The molecule has 0 fully saturated rings. The van der Waals surface area contributed by atoms with Gasteiger partial charge in [-0.15, -0.1) is 0 Å². The van der Waals surface area contributed by atoms with Gasteiger partial charge in [-0.3, -0.25) is 14.9 Å². The Hall–Kier alpha value is -2.38. The molecule has 0 spiro atoms. The lowest BCUT2D eigenvalue weighted by atomic mass is 9.92. The van der Waals surface area contributed by atoms with Crippen molar-refractivity contribution in [1.29, 1.82) is 0 Å². The minimum absolute atomic E-state index is 0.159. The van der Waals surface area contributed by atoms with E-state index in [1.165, 1.54) is 6.92 Å². The standard InChI is InChI=1S/C16H25N3O5/c1-9(2)14(17-10(3)20)15(22)23-8-12(21)18-13-7-11(19-24-13)16(4,5)6/h7,9,14H,8H2,1-6H3,(H,17,20)(H,18,21)/t14-/m1/s1. The van der Waals surface area contributed by atoms with Crippen molar-refractivity contribution >= 4 is 23.7 Å². The van der Waals surface area contributed by atoms with E-state index in [1.807, 2.05) is 20.8 Å². The maximum Gasteiger partial charge on any atom is 0.329 e. The van der Waals surface area contributed by atoms with Gasteiger partial charge in [-0.05, 0) is 5.92 Å². The van der Waals surface area contributed by atoms with Crippen molar-refractivity contribution in [3.63, 3.8) is 0 Å². The highest BCUT2D eigenvalue weighted by Crippen LogP contribution is 2.23. The summed E-state index contributed by atoms with van der Waals surface area (Å²) in [7, 11) is 0. The number of ether oxygens (including phenoxy) is 1. The topological polar surface area (TPSA) is 111 Å². The van der Waals surface area contributed by atoms with E-state index in [4.69, 9.17) is 9.26 Å². The SMILES string of the molecule is CC(=O)N[C@@H](C(=O)OCC(=O)Nc1cc(C(C)(C)C)no1)C(C)C. The van der Waals surface area contributed by atoms with E-state index in [2.05, 4.69) is 15.8 Å². The summed E-state index contributed by atoms with van der Waals surface area (Å²) >= 11 is 0. The number of esters is 1. The van der Waals surface area contributed by atoms with Gasteiger partial charge >= 0.3 is 5.97 Å². The molecule has 1 aromatic rings. The van der Waals surface area contributed by atoms with Gasteiger partial charge in [-0.25, -0.2) is 4.79 Å². The van der Waals surface area contributed by atoms with Crippen molar-refractivity contribution in [2.45, 2.75) is 53.0 Å². The summed E-state index contributed by atoms with van der Waals surface area (Å²) in [5, 5.41) is 8.84. The molecular weight excluding hydrogens is 314 g/mol. The lowest BCUT2D eigenvalue weighted by molar-refractivity contribution is -0.151. The first-order chi connectivity index (χ1) is 11.0. The van der Waals surface area contributed by atoms with Crippen LogP contribution < -0.4 is 10.6 Å². The molecule has 0 aliphatic heterocycles. The summed E-state index contributed by atoms with van der Waals surface area (Å²) in [6.45, 7) is 10.3. The van der Waals surface area contributed by atoms with Crippen LogP contribution in [-0.4, -0.2) is 35.6 Å². The highest BCUT2D eigenvalue weighted by Gasteiger charge is 2.25. The largest absolute Gasteiger partial charge is 0.454 e. The van der Waals surface area contributed by atoms with Crippen LogP contribution in [-0.2, 0) is 24.5 Å². The second-order valence-electron chi connectivity index (χ2n) is 6.90. The zero-order valence-corrected chi connectivity index (χ0v) is 14.9. The van der Waals surface area contributed by atoms with Gasteiger partial charge in [0, 0.05) is 18.4 Å². The van der Waals surface area contributed by atoms with Crippen molar-refractivity contribution in [2.24, 2.45) is 5.92 Å². The Bertz CT molecular complexity index is 601. The van der Waals surface area contributed by atoms with Crippen LogP contribution in [0.2, 0.25) is 0 Å². The van der Waals surface area contributed by atoms with Gasteiger partial charge in [0.25, 0.3) is 5.91 Å². The van der Waals surface area contributed by atoms with Crippen molar-refractivity contribution < 1.29 is 23.6 Å². The normalized spacial score (nSPS) is 12.6. The summed E-state index contributed by atoms with van der Waals surface area (Å²) in [5.41, 5.74) is 0.488. The lowest BCUT2D eigenvalue weighted by Gasteiger charge is -2.19. The molecule has 0 saturated heterocycles. The average Bonchev–Trinajstić information content (AvgIpc) is 2.90. The lowest BCUT2D eigenvalue weighted by Crippen LogP contribution is -2.45. The molecule has 2 N–H and O–H groups in total. The predicted octanol–water partition coefficient (Wildman–Crippen LogP) is 1.61. The van der Waals surface area contributed by atoms with E-state index < -0.39 is 24.5 Å². The Balaban J connectivity index is 2.55. The van der Waals surface area contributed by atoms with E-state index in [9.17, 15) is 14.4 Å². The van der Waals surface area contributed by atoms with Crippen LogP contribution in [0.3, 0.4) is 0 Å². The van der Waals surface area contributed by atoms with E-state index in [0.717, 1.165) is 0 Å². The molecule has 0 unspecified atom stereocenters. The van der Waals surface area contributed by atoms with Gasteiger partial charge < -0.3 is 14.6 Å². The second kappa shape index (κ2) is 7.94. The zero-order valence-electron chi connectivity index (χ0n) is 14.9. The van der Waals surface area contributed by atoms with Crippen molar-refractivity contribution in [3.05, 3.63) is 11.8 Å². The molecule has 0 aliphatic carbocycles. The summed E-state index contributed by atoms with van der Waals surface area (Å²) < 4.78 is 9.97. The van der Waals surface area contributed by atoms with E-state index in [0.29, 0.717) is 5.69 Å². The highest BCUT2D eigenvalue weighted by atomic mass is 16.5. The molecule has 2 amide bonds. The Kier molecular flexibility index (Phi) is 6.51. The van der Waals surface area contributed by atoms with Crippen LogP contribution in [0.15, 0.2) is 10.6 Å². The number of nitrogens with zero attached hydrogens (tertiary/aromatic N) is 1. The fourth-order valence-electron chi connectivity index (χ4n) is 1.80. The molecule has 0 aromatic carbocycles. The molecule has 134 valence electrons. The van der Waals surface area contributed by atoms with Gasteiger partial charge in [0.2, 0.25) is 11.8 Å². The summed E-state index contributed by atoms with van der Waals surface area (Å²) in [4.78, 5) is 34.9.